The molecule has 0 aromatic carbocycles. The monoisotopic (exact) mass is 245 g/mol. The van der Waals surface area contributed by atoms with Crippen LogP contribution in [0.25, 0.3) is 0 Å². The van der Waals surface area contributed by atoms with Gasteiger partial charge in [0.1, 0.15) is 0 Å². The largest absolute Gasteiger partial charge is 0.396 e. The summed E-state index contributed by atoms with van der Waals surface area (Å²) in [5.41, 5.74) is 0.0618. The Kier molecular flexibility index (Phi) is 6.16. The molecule has 0 radical (unpaired) electrons. The molecule has 0 amide bonds. The highest BCUT2D eigenvalue weighted by atomic mass is 32.2. The van der Waals surface area contributed by atoms with Crippen LogP contribution in [0.5, 0.6) is 0 Å². The second-order valence-electron chi connectivity index (χ2n) is 5.42. The van der Waals surface area contributed by atoms with Crippen molar-refractivity contribution in [2.24, 2.45) is 5.41 Å². The van der Waals surface area contributed by atoms with Crippen LogP contribution in [0.3, 0.4) is 0 Å². The van der Waals surface area contributed by atoms with Gasteiger partial charge in [0.15, 0.2) is 0 Å². The molecule has 16 heavy (non-hydrogen) atoms. The van der Waals surface area contributed by atoms with E-state index >= 15 is 0 Å². The maximum absolute atomic E-state index is 9.37. The van der Waals surface area contributed by atoms with Crippen LogP contribution in [0.1, 0.15) is 46.0 Å². The van der Waals surface area contributed by atoms with Gasteiger partial charge in [0, 0.05) is 29.9 Å². The van der Waals surface area contributed by atoms with Gasteiger partial charge < -0.3 is 10.4 Å². The molecule has 3 atom stereocenters. The van der Waals surface area contributed by atoms with E-state index in [0.717, 1.165) is 18.2 Å². The highest BCUT2D eigenvalue weighted by Gasteiger charge is 2.25. The molecule has 3 heteroatoms. The Balaban J connectivity index is 2.31. The van der Waals surface area contributed by atoms with E-state index in [-0.39, 0.29) is 12.0 Å². The molecule has 1 fully saturated rings. The second kappa shape index (κ2) is 6.87. The van der Waals surface area contributed by atoms with Crippen LogP contribution in [0, 0.1) is 5.41 Å². The van der Waals surface area contributed by atoms with E-state index in [9.17, 15) is 5.11 Å². The number of aliphatic hydroxyl groups is 1. The molecule has 0 saturated heterocycles. The van der Waals surface area contributed by atoms with Crippen LogP contribution in [0.2, 0.25) is 0 Å². The Morgan fingerprint density at radius 2 is 2.19 bits per heavy atom. The van der Waals surface area contributed by atoms with E-state index in [2.05, 4.69) is 25.4 Å². The van der Waals surface area contributed by atoms with Crippen molar-refractivity contribution in [3.63, 3.8) is 0 Å². The molecule has 3 unspecified atom stereocenters. The molecule has 0 aromatic heterocycles. The van der Waals surface area contributed by atoms with E-state index in [1.165, 1.54) is 25.7 Å². The van der Waals surface area contributed by atoms with Gasteiger partial charge in [-0.2, -0.15) is 11.8 Å². The van der Waals surface area contributed by atoms with Crippen molar-refractivity contribution in [2.75, 3.05) is 19.4 Å². The molecule has 0 heterocycles. The molecule has 2 N–H and O–H groups in total. The molecule has 2 nitrogen and oxygen atoms in total. The van der Waals surface area contributed by atoms with E-state index < -0.39 is 0 Å². The Labute approximate surface area is 105 Å². The third kappa shape index (κ3) is 4.27. The Bertz CT molecular complexity index is 194. The number of hydrogen-bond acceptors (Lipinski definition) is 3. The molecule has 1 aliphatic carbocycles. The summed E-state index contributed by atoms with van der Waals surface area (Å²) in [5, 5.41) is 13.9. The normalized spacial score (nSPS) is 30.0. The van der Waals surface area contributed by atoms with Gasteiger partial charge in [0.25, 0.3) is 0 Å². The van der Waals surface area contributed by atoms with Crippen LogP contribution in [0.4, 0.5) is 0 Å². The fourth-order valence-electron chi connectivity index (χ4n) is 2.23. The summed E-state index contributed by atoms with van der Waals surface area (Å²) in [7, 11) is 0. The Morgan fingerprint density at radius 3 is 2.75 bits per heavy atom. The number of rotatable bonds is 6. The molecule has 96 valence electrons. The minimum Gasteiger partial charge on any atom is -0.396 e. The lowest BCUT2D eigenvalue weighted by Crippen LogP contribution is -2.42. The lowest BCUT2D eigenvalue weighted by Gasteiger charge is -2.33. The van der Waals surface area contributed by atoms with Crippen molar-refractivity contribution >= 4 is 11.8 Å². The highest BCUT2D eigenvalue weighted by molar-refractivity contribution is 7.99. The van der Waals surface area contributed by atoms with E-state index in [1.807, 2.05) is 11.8 Å². The predicted molar refractivity (Wildman–Crippen MR) is 73.0 cm³/mol. The number of hydrogen-bond donors (Lipinski definition) is 2. The molecular formula is C13H27NOS. The van der Waals surface area contributed by atoms with Crippen molar-refractivity contribution in [1.82, 2.24) is 5.32 Å². The topological polar surface area (TPSA) is 32.3 Å². The molecular weight excluding hydrogens is 218 g/mol. The van der Waals surface area contributed by atoms with Crippen LogP contribution in [-0.4, -0.2) is 35.8 Å². The second-order valence-corrected chi connectivity index (χ2v) is 6.56. The predicted octanol–water partition coefficient (Wildman–Crippen LogP) is 2.66. The summed E-state index contributed by atoms with van der Waals surface area (Å²) < 4.78 is 0. The fourth-order valence-corrected chi connectivity index (χ4v) is 3.06. The molecule has 1 aliphatic rings. The van der Waals surface area contributed by atoms with Crippen molar-refractivity contribution < 1.29 is 5.11 Å². The number of aliphatic hydroxyl groups excluding tert-OH is 1. The maximum atomic E-state index is 9.37. The summed E-state index contributed by atoms with van der Waals surface area (Å²) in [5.74, 6) is 0. The summed E-state index contributed by atoms with van der Waals surface area (Å²) >= 11 is 2.00. The lowest BCUT2D eigenvalue weighted by molar-refractivity contribution is 0.129. The average molecular weight is 245 g/mol. The van der Waals surface area contributed by atoms with E-state index in [1.54, 1.807) is 0 Å². The first kappa shape index (κ1) is 14.3. The standard InChI is InChI=1S/C13H27NOS/c1-4-13(2,10-15)9-14-11-6-5-7-12(8-11)16-3/h11-12,14-15H,4-10H2,1-3H3. The smallest absolute Gasteiger partial charge is 0.0496 e. The van der Waals surface area contributed by atoms with E-state index in [0.29, 0.717) is 6.04 Å². The quantitative estimate of drug-likeness (QED) is 0.754. The minimum atomic E-state index is 0.0618. The Hall–Kier alpha value is 0.270. The molecule has 1 saturated carbocycles. The molecule has 0 spiro atoms. The molecule has 0 aliphatic heterocycles. The van der Waals surface area contributed by atoms with Gasteiger partial charge in [-0.15, -0.1) is 0 Å². The molecule has 1 rings (SSSR count). The Morgan fingerprint density at radius 1 is 1.44 bits per heavy atom. The van der Waals surface area contributed by atoms with Crippen LogP contribution in [-0.2, 0) is 0 Å². The molecule has 0 bridgehead atoms. The summed E-state index contributed by atoms with van der Waals surface area (Å²) in [4.78, 5) is 0. The summed E-state index contributed by atoms with van der Waals surface area (Å²) in [6, 6.07) is 0.670. The van der Waals surface area contributed by atoms with Gasteiger partial charge in [0.2, 0.25) is 0 Å². The van der Waals surface area contributed by atoms with Crippen molar-refractivity contribution in [2.45, 2.75) is 57.2 Å². The van der Waals surface area contributed by atoms with Crippen LogP contribution >= 0.6 is 11.8 Å². The zero-order chi connectivity index (χ0) is 12.0. The van der Waals surface area contributed by atoms with Crippen molar-refractivity contribution in [3.05, 3.63) is 0 Å². The van der Waals surface area contributed by atoms with Gasteiger partial charge >= 0.3 is 0 Å². The van der Waals surface area contributed by atoms with Gasteiger partial charge in [-0.1, -0.05) is 20.3 Å². The van der Waals surface area contributed by atoms with E-state index in [4.69, 9.17) is 0 Å². The molecule has 0 aromatic rings. The lowest BCUT2D eigenvalue weighted by atomic mass is 9.87. The fraction of sp³-hybridized carbons (Fsp3) is 1.00. The number of nitrogens with one attached hydrogen (secondary N) is 1. The minimum absolute atomic E-state index is 0.0618. The van der Waals surface area contributed by atoms with Crippen LogP contribution < -0.4 is 5.32 Å². The SMILES string of the molecule is CCC(C)(CO)CNC1CCCC(SC)C1. The zero-order valence-electron chi connectivity index (χ0n) is 11.0. The van der Waals surface area contributed by atoms with Gasteiger partial charge in [-0.25, -0.2) is 0 Å². The first-order chi connectivity index (χ1) is 7.63. The first-order valence-corrected chi connectivity index (χ1v) is 7.79. The summed E-state index contributed by atoms with van der Waals surface area (Å²) in [6.07, 6.45) is 8.59. The zero-order valence-corrected chi connectivity index (χ0v) is 11.8. The summed E-state index contributed by atoms with van der Waals surface area (Å²) in [6.45, 7) is 5.55. The van der Waals surface area contributed by atoms with Crippen LogP contribution in [0.15, 0.2) is 0 Å². The number of thioether (sulfide) groups is 1. The van der Waals surface area contributed by atoms with Crippen molar-refractivity contribution in [3.8, 4) is 0 Å². The third-order valence-electron chi connectivity index (χ3n) is 4.01. The van der Waals surface area contributed by atoms with Gasteiger partial charge in [0.05, 0.1) is 0 Å². The third-order valence-corrected chi connectivity index (χ3v) is 5.11. The van der Waals surface area contributed by atoms with Gasteiger partial charge in [-0.3, -0.25) is 0 Å². The first-order valence-electron chi connectivity index (χ1n) is 6.50. The highest BCUT2D eigenvalue weighted by Crippen LogP contribution is 2.28. The maximum Gasteiger partial charge on any atom is 0.0496 e. The average Bonchev–Trinajstić information content (AvgIpc) is 2.36. The van der Waals surface area contributed by atoms with Gasteiger partial charge in [-0.05, 0) is 31.9 Å². The van der Waals surface area contributed by atoms with Crippen molar-refractivity contribution in [1.29, 1.82) is 0 Å².